The van der Waals surface area contributed by atoms with E-state index in [1.807, 2.05) is 5.70 Å². The van der Waals surface area contributed by atoms with E-state index in [0.717, 1.165) is 18.0 Å². The van der Waals surface area contributed by atoms with Crippen LogP contribution >= 0.6 is 0 Å². The van der Waals surface area contributed by atoms with Crippen molar-refractivity contribution in [3.8, 4) is 0 Å². The lowest BCUT2D eigenvalue weighted by Gasteiger charge is -2.29. The summed E-state index contributed by atoms with van der Waals surface area (Å²) in [6.45, 7) is 9.67. The number of rotatable bonds is 8. The average Bonchev–Trinajstić information content (AvgIpc) is 2.55. The largest absolute Gasteiger partial charge is 0.399 e. The van der Waals surface area contributed by atoms with Gasteiger partial charge in [0.05, 0.1) is 0 Å². The fourth-order valence-electron chi connectivity index (χ4n) is 2.46. The Hall–Kier alpha value is -1.42. The molecule has 0 aromatic heterocycles. The number of fused-ring (bicyclic) bond motifs is 1. The van der Waals surface area contributed by atoms with Gasteiger partial charge in [0, 0.05) is 18.4 Å². The van der Waals surface area contributed by atoms with Crippen molar-refractivity contribution < 1.29 is 8.85 Å². The third-order valence-electron chi connectivity index (χ3n) is 3.48. The van der Waals surface area contributed by atoms with Gasteiger partial charge in [0.1, 0.15) is 0 Å². The summed E-state index contributed by atoms with van der Waals surface area (Å²) in [6, 6.07) is 14.7. The van der Waals surface area contributed by atoms with Crippen molar-refractivity contribution in [1.82, 2.24) is 0 Å². The summed E-state index contributed by atoms with van der Waals surface area (Å²) < 4.78 is 12.4. The van der Waals surface area contributed by atoms with Gasteiger partial charge in [0.25, 0.3) is 0 Å². The van der Waals surface area contributed by atoms with E-state index in [-0.39, 0.29) is 0 Å². The SMILES string of the molecule is C=C[Si](OCCC)(OCCC)c1cccc2ccccc12. The summed E-state index contributed by atoms with van der Waals surface area (Å²) >= 11 is 0. The summed E-state index contributed by atoms with van der Waals surface area (Å²) in [6.07, 6.45) is 1.95. The molecular formula is C18H24O2Si. The van der Waals surface area contributed by atoms with Crippen LogP contribution in [0.5, 0.6) is 0 Å². The Kier molecular flexibility index (Phi) is 5.73. The molecule has 0 aliphatic rings. The standard InChI is InChI=1S/C18H24O2Si/c1-4-14-19-21(6-3,20-15-5-2)18-13-9-11-16-10-7-8-12-17(16)18/h6-13H,3-5,14-15H2,1-2H3. The van der Waals surface area contributed by atoms with E-state index < -0.39 is 8.56 Å². The van der Waals surface area contributed by atoms with Crippen LogP contribution in [0.4, 0.5) is 0 Å². The maximum Gasteiger partial charge on any atom is 0.399 e. The van der Waals surface area contributed by atoms with Gasteiger partial charge in [-0.3, -0.25) is 0 Å². The van der Waals surface area contributed by atoms with Crippen molar-refractivity contribution in [3.05, 3.63) is 54.7 Å². The summed E-state index contributed by atoms with van der Waals surface area (Å²) in [5.74, 6) is 0. The molecule has 2 aromatic carbocycles. The predicted molar refractivity (Wildman–Crippen MR) is 92.0 cm³/mol. The highest BCUT2D eigenvalue weighted by atomic mass is 28.4. The highest BCUT2D eigenvalue weighted by Gasteiger charge is 2.38. The first-order valence-corrected chi connectivity index (χ1v) is 9.56. The molecule has 2 aromatic rings. The highest BCUT2D eigenvalue weighted by molar-refractivity contribution is 6.87. The minimum absolute atomic E-state index is 0.700. The summed E-state index contributed by atoms with van der Waals surface area (Å²) in [4.78, 5) is 0. The van der Waals surface area contributed by atoms with E-state index in [0.29, 0.717) is 13.2 Å². The van der Waals surface area contributed by atoms with Crippen LogP contribution in [0.25, 0.3) is 10.8 Å². The van der Waals surface area contributed by atoms with Crippen molar-refractivity contribution in [3.63, 3.8) is 0 Å². The maximum absolute atomic E-state index is 6.22. The quantitative estimate of drug-likeness (QED) is 0.684. The molecule has 0 aliphatic carbocycles. The molecule has 0 fully saturated rings. The smallest absolute Gasteiger partial charge is 0.388 e. The zero-order valence-corrected chi connectivity index (χ0v) is 14.0. The summed E-state index contributed by atoms with van der Waals surface area (Å²) in [5.41, 5.74) is 1.92. The van der Waals surface area contributed by atoms with Crippen LogP contribution in [-0.2, 0) is 8.85 Å². The summed E-state index contributed by atoms with van der Waals surface area (Å²) in [5, 5.41) is 3.59. The molecule has 0 N–H and O–H groups in total. The lowest BCUT2D eigenvalue weighted by atomic mass is 10.1. The van der Waals surface area contributed by atoms with Crippen LogP contribution in [0.15, 0.2) is 54.7 Å². The van der Waals surface area contributed by atoms with Crippen LogP contribution in [0.1, 0.15) is 26.7 Å². The van der Waals surface area contributed by atoms with Gasteiger partial charge in [0.2, 0.25) is 0 Å². The third-order valence-corrected chi connectivity index (χ3v) is 6.47. The molecule has 0 atom stereocenters. The van der Waals surface area contributed by atoms with Crippen LogP contribution in [0.2, 0.25) is 0 Å². The van der Waals surface area contributed by atoms with Crippen LogP contribution in [-0.4, -0.2) is 21.8 Å². The van der Waals surface area contributed by atoms with E-state index in [1.54, 1.807) is 0 Å². The Morgan fingerprint density at radius 1 is 0.952 bits per heavy atom. The average molecular weight is 300 g/mol. The molecule has 21 heavy (non-hydrogen) atoms. The normalized spacial score (nSPS) is 11.7. The molecule has 3 heteroatoms. The van der Waals surface area contributed by atoms with E-state index in [1.165, 1.54) is 10.8 Å². The molecule has 0 saturated carbocycles. The molecule has 0 saturated heterocycles. The minimum Gasteiger partial charge on any atom is -0.388 e. The molecule has 2 nitrogen and oxygen atoms in total. The predicted octanol–water partition coefficient (Wildman–Crippen LogP) is 4.07. The van der Waals surface area contributed by atoms with E-state index in [2.05, 4.69) is 62.9 Å². The van der Waals surface area contributed by atoms with Crippen molar-refractivity contribution in [2.75, 3.05) is 13.2 Å². The van der Waals surface area contributed by atoms with E-state index >= 15 is 0 Å². The molecule has 0 unspecified atom stereocenters. The zero-order valence-electron chi connectivity index (χ0n) is 13.0. The lowest BCUT2D eigenvalue weighted by Crippen LogP contribution is -2.53. The minimum atomic E-state index is -2.59. The lowest BCUT2D eigenvalue weighted by molar-refractivity contribution is 0.191. The van der Waals surface area contributed by atoms with Crippen LogP contribution in [0.3, 0.4) is 0 Å². The molecule has 0 radical (unpaired) electrons. The fraction of sp³-hybridized carbons (Fsp3) is 0.333. The molecule has 2 rings (SSSR count). The first-order valence-electron chi connectivity index (χ1n) is 7.67. The number of hydrogen-bond acceptors (Lipinski definition) is 2. The summed E-state index contributed by atoms with van der Waals surface area (Å²) in [7, 11) is -2.59. The van der Waals surface area contributed by atoms with Crippen LogP contribution < -0.4 is 5.19 Å². The second-order valence-electron chi connectivity index (χ2n) is 5.10. The van der Waals surface area contributed by atoms with Crippen molar-refractivity contribution in [2.45, 2.75) is 26.7 Å². The Morgan fingerprint density at radius 2 is 1.57 bits per heavy atom. The van der Waals surface area contributed by atoms with E-state index in [4.69, 9.17) is 8.85 Å². The fourth-order valence-corrected chi connectivity index (χ4v) is 5.26. The highest BCUT2D eigenvalue weighted by Crippen LogP contribution is 2.19. The van der Waals surface area contributed by atoms with Gasteiger partial charge in [-0.15, -0.1) is 6.58 Å². The van der Waals surface area contributed by atoms with Gasteiger partial charge < -0.3 is 8.85 Å². The Balaban J connectivity index is 2.53. The van der Waals surface area contributed by atoms with Gasteiger partial charge >= 0.3 is 8.56 Å². The van der Waals surface area contributed by atoms with Crippen molar-refractivity contribution >= 4 is 24.5 Å². The monoisotopic (exact) mass is 300 g/mol. The molecular weight excluding hydrogens is 276 g/mol. The Labute approximate surface area is 128 Å². The second kappa shape index (κ2) is 7.55. The molecule has 0 bridgehead atoms. The van der Waals surface area contributed by atoms with E-state index in [9.17, 15) is 0 Å². The topological polar surface area (TPSA) is 18.5 Å². The molecule has 0 heterocycles. The first-order chi connectivity index (χ1) is 10.3. The van der Waals surface area contributed by atoms with Gasteiger partial charge in [-0.2, -0.15) is 0 Å². The molecule has 0 spiro atoms. The number of benzene rings is 2. The second-order valence-corrected chi connectivity index (χ2v) is 7.95. The maximum atomic E-state index is 6.22. The zero-order chi connectivity index (χ0) is 15.1. The Bertz CT molecular complexity index is 581. The van der Waals surface area contributed by atoms with Gasteiger partial charge in [0.15, 0.2) is 0 Å². The third kappa shape index (κ3) is 3.43. The van der Waals surface area contributed by atoms with Crippen LogP contribution in [0, 0.1) is 0 Å². The number of hydrogen-bond donors (Lipinski definition) is 0. The van der Waals surface area contributed by atoms with Crippen molar-refractivity contribution in [1.29, 1.82) is 0 Å². The first kappa shape index (κ1) is 16.0. The molecule has 0 amide bonds. The molecule has 112 valence electrons. The molecule has 0 aliphatic heterocycles. The Morgan fingerprint density at radius 3 is 2.19 bits per heavy atom. The van der Waals surface area contributed by atoms with Gasteiger partial charge in [-0.05, 0) is 29.3 Å². The van der Waals surface area contributed by atoms with Crippen molar-refractivity contribution in [2.24, 2.45) is 0 Å². The van der Waals surface area contributed by atoms with Gasteiger partial charge in [-0.1, -0.05) is 56.3 Å². The van der Waals surface area contributed by atoms with Gasteiger partial charge in [-0.25, -0.2) is 0 Å².